The lowest BCUT2D eigenvalue weighted by atomic mass is 9.79. The third kappa shape index (κ3) is 1.65. The van der Waals surface area contributed by atoms with Crippen LogP contribution >= 0.6 is 0 Å². The Morgan fingerprint density at radius 3 is 2.71 bits per heavy atom. The highest BCUT2D eigenvalue weighted by Crippen LogP contribution is 2.51. The number of rotatable bonds is 1. The van der Waals surface area contributed by atoms with Gasteiger partial charge in [-0.3, -0.25) is 0 Å². The van der Waals surface area contributed by atoms with Crippen molar-refractivity contribution in [2.24, 2.45) is 5.92 Å². The van der Waals surface area contributed by atoms with Crippen molar-refractivity contribution >= 4 is 5.97 Å². The van der Waals surface area contributed by atoms with E-state index in [1.807, 2.05) is 13.8 Å². The summed E-state index contributed by atoms with van der Waals surface area (Å²) in [5.41, 5.74) is 1.18. The second kappa shape index (κ2) is 4.29. The molecule has 0 saturated heterocycles. The van der Waals surface area contributed by atoms with E-state index >= 15 is 0 Å². The summed E-state index contributed by atoms with van der Waals surface area (Å²) in [6, 6.07) is 0. The third-order valence-electron chi connectivity index (χ3n) is 5.04. The fourth-order valence-electron chi connectivity index (χ4n) is 3.70. The summed E-state index contributed by atoms with van der Waals surface area (Å²) < 4.78 is 11.0. The first-order valence-electron chi connectivity index (χ1n) is 7.07. The highest BCUT2D eigenvalue weighted by atomic mass is 16.7. The van der Waals surface area contributed by atoms with Crippen LogP contribution in [0.5, 0.6) is 0 Å². The van der Waals surface area contributed by atoms with Gasteiger partial charge in [-0.1, -0.05) is 6.92 Å². The van der Waals surface area contributed by atoms with Crippen molar-refractivity contribution in [3.05, 3.63) is 34.4 Å². The highest BCUT2D eigenvalue weighted by Gasteiger charge is 2.57. The number of aliphatic hydroxyl groups is 2. The second-order valence-electron chi connectivity index (χ2n) is 6.17. The predicted octanol–water partition coefficient (Wildman–Crippen LogP) is 1.22. The van der Waals surface area contributed by atoms with Gasteiger partial charge in [-0.2, -0.15) is 0 Å². The smallest absolute Gasteiger partial charge is 0.337 e. The molecule has 3 aliphatic rings. The fourth-order valence-corrected chi connectivity index (χ4v) is 3.70. The Morgan fingerprint density at radius 1 is 1.43 bits per heavy atom. The van der Waals surface area contributed by atoms with Gasteiger partial charge < -0.3 is 19.7 Å². The summed E-state index contributed by atoms with van der Waals surface area (Å²) in [5, 5.41) is 21.3. The zero-order valence-corrected chi connectivity index (χ0v) is 12.6. The van der Waals surface area contributed by atoms with Gasteiger partial charge in [-0.15, -0.1) is 0 Å². The van der Waals surface area contributed by atoms with Gasteiger partial charge in [-0.25, -0.2) is 4.79 Å². The molecule has 0 saturated carbocycles. The van der Waals surface area contributed by atoms with Crippen LogP contribution in [0.2, 0.25) is 0 Å². The van der Waals surface area contributed by atoms with E-state index in [9.17, 15) is 15.0 Å². The molecule has 0 radical (unpaired) electrons. The van der Waals surface area contributed by atoms with Crippen LogP contribution in [0.4, 0.5) is 0 Å². The summed E-state index contributed by atoms with van der Waals surface area (Å²) in [4.78, 5) is 11.9. The maximum absolute atomic E-state index is 11.9. The van der Waals surface area contributed by atoms with Crippen molar-refractivity contribution in [3.63, 3.8) is 0 Å². The monoisotopic (exact) mass is 292 g/mol. The molecular weight excluding hydrogens is 272 g/mol. The van der Waals surface area contributed by atoms with Crippen LogP contribution < -0.4 is 0 Å². The molecule has 4 atom stereocenters. The van der Waals surface area contributed by atoms with Crippen molar-refractivity contribution in [1.29, 1.82) is 0 Å². The molecule has 1 heterocycles. The van der Waals surface area contributed by atoms with Gasteiger partial charge in [0.15, 0.2) is 0 Å². The van der Waals surface area contributed by atoms with E-state index in [4.69, 9.17) is 9.47 Å². The predicted molar refractivity (Wildman–Crippen MR) is 75.1 cm³/mol. The zero-order valence-electron chi connectivity index (χ0n) is 12.6. The first kappa shape index (κ1) is 14.5. The lowest BCUT2D eigenvalue weighted by Crippen LogP contribution is -2.48. The molecule has 21 heavy (non-hydrogen) atoms. The molecule has 0 aromatic carbocycles. The molecule has 3 rings (SSSR count). The number of fused-ring (bicyclic) bond motifs is 2. The van der Waals surface area contributed by atoms with E-state index in [-0.39, 0.29) is 12.3 Å². The third-order valence-corrected chi connectivity index (χ3v) is 5.04. The van der Waals surface area contributed by atoms with Gasteiger partial charge in [0, 0.05) is 24.7 Å². The Morgan fingerprint density at radius 2 is 2.10 bits per heavy atom. The largest absolute Gasteiger partial charge is 0.425 e. The second-order valence-corrected chi connectivity index (χ2v) is 6.17. The molecule has 0 fully saturated rings. The minimum atomic E-state index is -1.38. The number of hydrogen-bond acceptors (Lipinski definition) is 5. The summed E-state index contributed by atoms with van der Waals surface area (Å²) in [5.74, 6) is -1.92. The quantitative estimate of drug-likeness (QED) is 0.711. The maximum Gasteiger partial charge on any atom is 0.337 e. The molecule has 5 nitrogen and oxygen atoms in total. The number of ether oxygens (including phenoxy) is 2. The SMILES string of the molecule is CO[C@]12C[C@@H](C)[C@@]3(O)C(=CC1=C(C)C(=O)O2)C(C)=C[C@@H]3O. The van der Waals surface area contributed by atoms with Crippen LogP contribution in [0.25, 0.3) is 0 Å². The summed E-state index contributed by atoms with van der Waals surface area (Å²) in [6.45, 7) is 5.36. The summed E-state index contributed by atoms with van der Waals surface area (Å²) in [7, 11) is 1.49. The van der Waals surface area contributed by atoms with Crippen LogP contribution in [0, 0.1) is 5.92 Å². The van der Waals surface area contributed by atoms with Crippen molar-refractivity contribution < 1.29 is 24.5 Å². The van der Waals surface area contributed by atoms with Gasteiger partial charge in [0.2, 0.25) is 5.79 Å². The van der Waals surface area contributed by atoms with E-state index in [2.05, 4.69) is 0 Å². The fraction of sp³-hybridized carbons (Fsp3) is 0.562. The normalized spacial score (nSPS) is 42.1. The Balaban J connectivity index is 2.25. The average Bonchev–Trinajstić information content (AvgIpc) is 2.74. The van der Waals surface area contributed by atoms with Crippen molar-refractivity contribution in [2.45, 2.75) is 44.7 Å². The lowest BCUT2D eigenvalue weighted by molar-refractivity contribution is -0.202. The first-order valence-corrected chi connectivity index (χ1v) is 7.07. The number of methoxy groups -OCH3 is 1. The van der Waals surface area contributed by atoms with Crippen LogP contribution in [0.3, 0.4) is 0 Å². The highest BCUT2D eigenvalue weighted by molar-refractivity contribution is 5.93. The van der Waals surface area contributed by atoms with Crippen molar-refractivity contribution in [3.8, 4) is 0 Å². The van der Waals surface area contributed by atoms with E-state index in [1.54, 1.807) is 19.1 Å². The molecule has 2 aliphatic carbocycles. The van der Waals surface area contributed by atoms with Crippen LogP contribution in [0.1, 0.15) is 27.2 Å². The van der Waals surface area contributed by atoms with Gasteiger partial charge >= 0.3 is 5.97 Å². The minimum Gasteiger partial charge on any atom is -0.425 e. The standard InChI is InChI=1S/C16H20O5/c1-8-5-13(17)16(19)9(2)7-15(20-4)12(6-11(8)16)10(3)14(18)21-15/h5-6,9,13,17,19H,7H2,1-4H3/t9-,13+,15+,16-/m1/s1. The Kier molecular flexibility index (Phi) is 2.96. The Hall–Kier alpha value is -1.43. The summed E-state index contributed by atoms with van der Waals surface area (Å²) >= 11 is 0. The van der Waals surface area contributed by atoms with Crippen LogP contribution in [0.15, 0.2) is 34.4 Å². The molecular formula is C16H20O5. The number of esters is 1. The Bertz CT molecular complexity index is 614. The van der Waals surface area contributed by atoms with Crippen molar-refractivity contribution in [1.82, 2.24) is 0 Å². The molecule has 0 aromatic rings. The molecule has 0 aromatic heterocycles. The van der Waals surface area contributed by atoms with Gasteiger partial charge in [0.25, 0.3) is 0 Å². The van der Waals surface area contributed by atoms with Gasteiger partial charge in [0.1, 0.15) is 11.7 Å². The minimum absolute atomic E-state index is 0.288. The number of hydrogen-bond donors (Lipinski definition) is 2. The number of aliphatic hydroxyl groups excluding tert-OH is 1. The molecule has 1 aliphatic heterocycles. The first-order chi connectivity index (χ1) is 9.76. The van der Waals surface area contributed by atoms with E-state index in [0.29, 0.717) is 16.7 Å². The van der Waals surface area contributed by atoms with Crippen molar-refractivity contribution in [2.75, 3.05) is 7.11 Å². The van der Waals surface area contributed by atoms with Gasteiger partial charge in [0.05, 0.1) is 0 Å². The van der Waals surface area contributed by atoms with E-state index < -0.39 is 23.5 Å². The summed E-state index contributed by atoms with van der Waals surface area (Å²) in [6.07, 6.45) is 2.71. The molecule has 2 N–H and O–H groups in total. The average molecular weight is 292 g/mol. The number of carbonyl (C=O) groups excluding carboxylic acids is 1. The number of carbonyl (C=O) groups is 1. The zero-order chi connectivity index (χ0) is 15.6. The van der Waals surface area contributed by atoms with Crippen LogP contribution in [-0.2, 0) is 14.3 Å². The van der Waals surface area contributed by atoms with E-state index in [1.165, 1.54) is 7.11 Å². The molecule has 114 valence electrons. The molecule has 0 bridgehead atoms. The Labute approximate surface area is 123 Å². The van der Waals surface area contributed by atoms with E-state index in [0.717, 1.165) is 5.57 Å². The lowest BCUT2D eigenvalue weighted by Gasteiger charge is -2.36. The molecule has 0 spiro atoms. The molecule has 0 amide bonds. The molecule has 5 heteroatoms. The molecule has 0 unspecified atom stereocenters. The van der Waals surface area contributed by atoms with Crippen LogP contribution in [-0.4, -0.2) is 40.8 Å². The van der Waals surface area contributed by atoms with Gasteiger partial charge in [-0.05, 0) is 43.1 Å². The topological polar surface area (TPSA) is 76.0 Å². The maximum atomic E-state index is 11.9.